The highest BCUT2D eigenvalue weighted by Gasteiger charge is 1.49. The van der Waals surface area contributed by atoms with E-state index in [0.29, 0.717) is 0 Å². The van der Waals surface area contributed by atoms with Crippen LogP contribution < -0.4 is 0 Å². The van der Waals surface area contributed by atoms with Gasteiger partial charge < -0.3 is 4.81 Å². The van der Waals surface area contributed by atoms with Crippen LogP contribution in [-0.4, -0.2) is 15.2 Å². The van der Waals surface area contributed by atoms with Crippen molar-refractivity contribution in [1.82, 2.24) is 0 Å². The monoisotopic (exact) mass is 60.0 g/mol. The second kappa shape index (κ2) is 2.98. The second-order valence-corrected chi connectivity index (χ2v) is 0.333. The average Bonchev–Trinajstić information content (AvgIpc) is 1.37. The normalized spacial score (nSPS) is 7.25. The molecule has 0 N–H and O–H groups in total. The summed E-state index contributed by atoms with van der Waals surface area (Å²) in [6.45, 7) is 0. The summed E-state index contributed by atoms with van der Waals surface area (Å²) >= 11 is 0. The zero-order chi connectivity index (χ0) is 3.41. The predicted molar refractivity (Wildman–Crippen MR) is 16.6 cm³/mol. The van der Waals surface area contributed by atoms with Crippen molar-refractivity contribution in [2.75, 3.05) is 7.11 Å². The van der Waals surface area contributed by atoms with Crippen LogP contribution in [0.3, 0.4) is 0 Å². The van der Waals surface area contributed by atoms with Crippen LogP contribution in [0.25, 0.3) is 0 Å². The first kappa shape index (κ1) is 3.98. The standard InChI is InChI=1S/CH5BO2/c1-3-4-2/h2H2,1H3. The molecule has 0 aromatic rings. The van der Waals surface area contributed by atoms with E-state index >= 15 is 0 Å². The lowest BCUT2D eigenvalue weighted by Crippen LogP contribution is -1.75. The molecule has 0 saturated heterocycles. The molecule has 0 fully saturated rings. The van der Waals surface area contributed by atoms with Crippen molar-refractivity contribution in [3.63, 3.8) is 0 Å². The molecule has 0 spiro atoms. The Balaban J connectivity index is 1.97. The molecule has 3 heteroatoms. The van der Waals surface area contributed by atoms with Crippen molar-refractivity contribution in [1.29, 1.82) is 0 Å². The number of rotatable bonds is 1. The number of hydrogen-bond donors (Lipinski definition) is 0. The minimum atomic E-state index is 1.46. The van der Waals surface area contributed by atoms with Crippen LogP contribution in [-0.2, 0) is 9.69 Å². The van der Waals surface area contributed by atoms with Gasteiger partial charge >= 0.3 is 8.05 Å². The molecule has 0 aliphatic rings. The maximum absolute atomic E-state index is 4.04. The van der Waals surface area contributed by atoms with Gasteiger partial charge in [-0.2, -0.15) is 0 Å². The van der Waals surface area contributed by atoms with Gasteiger partial charge in [0.1, 0.15) is 0 Å². The van der Waals surface area contributed by atoms with E-state index in [2.05, 4.69) is 9.69 Å². The molecule has 24 valence electrons. The molecular formula is CH5BO2. The van der Waals surface area contributed by atoms with E-state index in [-0.39, 0.29) is 0 Å². The van der Waals surface area contributed by atoms with E-state index in [1.54, 1.807) is 0 Å². The number of hydrogen-bond acceptors (Lipinski definition) is 2. The van der Waals surface area contributed by atoms with E-state index in [1.165, 1.54) is 15.2 Å². The summed E-state index contributed by atoms with van der Waals surface area (Å²) in [6.07, 6.45) is 0. The lowest BCUT2D eigenvalue weighted by molar-refractivity contribution is -0.173. The van der Waals surface area contributed by atoms with Crippen molar-refractivity contribution >= 4 is 8.05 Å². The van der Waals surface area contributed by atoms with Gasteiger partial charge in [-0.25, -0.2) is 0 Å². The lowest BCUT2D eigenvalue weighted by atomic mass is 10.6. The van der Waals surface area contributed by atoms with Gasteiger partial charge in [0, 0.05) is 0 Å². The Labute approximate surface area is 26.1 Å². The molecule has 0 aromatic carbocycles. The molecule has 4 heavy (non-hydrogen) atoms. The molecule has 2 nitrogen and oxygen atoms in total. The Kier molecular flexibility index (Phi) is 2.97. The van der Waals surface area contributed by atoms with Crippen molar-refractivity contribution in [3.05, 3.63) is 0 Å². The molecule has 0 aromatic heterocycles. The predicted octanol–water partition coefficient (Wildman–Crippen LogP) is -0.888. The minimum Gasteiger partial charge on any atom is -0.315 e. The Bertz CT molecular complexity index is 8.00. The Morgan fingerprint density at radius 2 is 2.00 bits per heavy atom. The second-order valence-electron chi connectivity index (χ2n) is 0.333. The first-order valence-corrected chi connectivity index (χ1v) is 0.983. The highest BCUT2D eigenvalue weighted by atomic mass is 17.2. The third-order valence-corrected chi connectivity index (χ3v) is 0.167. The lowest BCUT2D eigenvalue weighted by Gasteiger charge is -1.79. The molecule has 0 heterocycles. The van der Waals surface area contributed by atoms with Gasteiger partial charge in [-0.05, 0) is 0 Å². The quantitative estimate of drug-likeness (QED) is 0.222. The third-order valence-electron chi connectivity index (χ3n) is 0.167. The Morgan fingerprint density at radius 3 is 2.00 bits per heavy atom. The summed E-state index contributed by atoms with van der Waals surface area (Å²) in [5.74, 6) is 0. The summed E-state index contributed by atoms with van der Waals surface area (Å²) in [4.78, 5) is 8.08. The molecule has 0 radical (unpaired) electrons. The fourth-order valence-electron chi connectivity index (χ4n) is 0. The van der Waals surface area contributed by atoms with E-state index in [0.717, 1.165) is 0 Å². The van der Waals surface area contributed by atoms with Crippen LogP contribution in [0.1, 0.15) is 0 Å². The first-order valence-electron chi connectivity index (χ1n) is 0.983. The average molecular weight is 59.9 g/mol. The summed E-state index contributed by atoms with van der Waals surface area (Å²) in [5.41, 5.74) is 0. The van der Waals surface area contributed by atoms with E-state index in [9.17, 15) is 0 Å². The minimum absolute atomic E-state index is 1.46. The molecule has 0 atom stereocenters. The van der Waals surface area contributed by atoms with Gasteiger partial charge in [0.15, 0.2) is 0 Å². The first-order chi connectivity index (χ1) is 1.91. The largest absolute Gasteiger partial charge is 0.315 e. The topological polar surface area (TPSA) is 18.5 Å². The molecular weight excluding hydrogens is 54.8 g/mol. The maximum atomic E-state index is 4.04. The van der Waals surface area contributed by atoms with Crippen LogP contribution in [0, 0.1) is 0 Å². The van der Waals surface area contributed by atoms with Crippen LogP contribution in [0.5, 0.6) is 0 Å². The fraction of sp³-hybridized carbons (Fsp3) is 1.00. The highest BCUT2D eigenvalue weighted by Crippen LogP contribution is 1.49. The molecule has 0 aliphatic heterocycles. The van der Waals surface area contributed by atoms with Gasteiger partial charge in [0.25, 0.3) is 0 Å². The molecule has 0 aliphatic carbocycles. The van der Waals surface area contributed by atoms with Gasteiger partial charge in [0.05, 0.1) is 7.11 Å². The highest BCUT2D eigenvalue weighted by molar-refractivity contribution is 5.97. The van der Waals surface area contributed by atoms with Crippen LogP contribution in [0.15, 0.2) is 0 Å². The molecule has 0 amide bonds. The smallest absolute Gasteiger partial charge is 0.306 e. The summed E-state index contributed by atoms with van der Waals surface area (Å²) in [5, 5.41) is 0. The van der Waals surface area contributed by atoms with Gasteiger partial charge in [-0.1, -0.05) is 0 Å². The van der Waals surface area contributed by atoms with Crippen molar-refractivity contribution < 1.29 is 9.69 Å². The summed E-state index contributed by atoms with van der Waals surface area (Å²) in [6, 6.07) is 0. The fourth-order valence-corrected chi connectivity index (χ4v) is 0. The summed E-state index contributed by atoms with van der Waals surface area (Å²) in [7, 11) is 2.92. The molecule has 0 saturated carbocycles. The zero-order valence-corrected chi connectivity index (χ0v) is 2.82. The van der Waals surface area contributed by atoms with E-state index < -0.39 is 0 Å². The van der Waals surface area contributed by atoms with Crippen LogP contribution in [0.4, 0.5) is 0 Å². The summed E-state index contributed by atoms with van der Waals surface area (Å²) < 4.78 is 0. The van der Waals surface area contributed by atoms with Crippen molar-refractivity contribution in [3.8, 4) is 0 Å². The van der Waals surface area contributed by atoms with Gasteiger partial charge in [-0.15, -0.1) is 0 Å². The molecule has 0 rings (SSSR count). The molecule has 0 bridgehead atoms. The third kappa shape index (κ3) is 1.98. The SMILES string of the molecule is BOOC. The van der Waals surface area contributed by atoms with E-state index in [1.807, 2.05) is 0 Å². The molecule has 0 unspecified atom stereocenters. The van der Waals surface area contributed by atoms with Gasteiger partial charge in [-0.3, -0.25) is 4.89 Å². The zero-order valence-electron chi connectivity index (χ0n) is 2.82. The Hall–Kier alpha value is -0.0151. The maximum Gasteiger partial charge on any atom is 0.306 e. The van der Waals surface area contributed by atoms with Crippen LogP contribution >= 0.6 is 0 Å². The Morgan fingerprint density at radius 1 is 1.75 bits per heavy atom. The van der Waals surface area contributed by atoms with Gasteiger partial charge in [0.2, 0.25) is 0 Å². The van der Waals surface area contributed by atoms with Crippen LogP contribution in [0.2, 0.25) is 0 Å². The van der Waals surface area contributed by atoms with Crippen molar-refractivity contribution in [2.24, 2.45) is 0 Å². The van der Waals surface area contributed by atoms with E-state index in [4.69, 9.17) is 0 Å². The van der Waals surface area contributed by atoms with Crippen molar-refractivity contribution in [2.45, 2.75) is 0 Å².